The van der Waals surface area contributed by atoms with Crippen molar-refractivity contribution in [3.05, 3.63) is 46.6 Å². The van der Waals surface area contributed by atoms with Crippen LogP contribution in [-0.2, 0) is 6.61 Å². The van der Waals surface area contributed by atoms with Crippen molar-refractivity contribution in [1.29, 1.82) is 0 Å². The van der Waals surface area contributed by atoms with Gasteiger partial charge in [0.05, 0.1) is 0 Å². The molecule has 18 heavy (non-hydrogen) atoms. The summed E-state index contributed by atoms with van der Waals surface area (Å²) in [5.74, 6) is 0.296. The second-order valence-corrected chi connectivity index (χ2v) is 4.29. The van der Waals surface area contributed by atoms with Gasteiger partial charge in [0, 0.05) is 28.4 Å². The van der Waals surface area contributed by atoms with Crippen LogP contribution in [0.1, 0.15) is 17.6 Å². The fourth-order valence-electron chi connectivity index (χ4n) is 1.45. The topological polar surface area (TPSA) is 27.1 Å². The summed E-state index contributed by atoms with van der Waals surface area (Å²) in [5, 5.41) is 4.11. The summed E-state index contributed by atoms with van der Waals surface area (Å²) in [6.45, 7) is -0.0653. The summed E-state index contributed by atoms with van der Waals surface area (Å²) in [6.07, 6.45) is -1.02. The Labute approximate surface area is 113 Å². The van der Waals surface area contributed by atoms with E-state index in [1.807, 2.05) is 0 Å². The van der Waals surface area contributed by atoms with E-state index in [0.29, 0.717) is 5.88 Å². The van der Waals surface area contributed by atoms with E-state index in [2.05, 4.69) is 17.9 Å². The lowest BCUT2D eigenvalue weighted by molar-refractivity contribution is 0.148. The zero-order chi connectivity index (χ0) is 13.1. The Hall–Kier alpha value is -1.27. The molecule has 0 unspecified atom stereocenters. The summed E-state index contributed by atoms with van der Waals surface area (Å²) < 4.78 is 32.1. The number of benzene rings is 1. The molecular weight excluding hydrogens is 282 g/mol. The molecule has 2 rings (SSSR count). The van der Waals surface area contributed by atoms with Crippen LogP contribution in [0.25, 0.3) is 0 Å². The molecule has 0 spiro atoms. The highest BCUT2D eigenvalue weighted by molar-refractivity contribution is 7.78. The number of alkyl halides is 2. The summed E-state index contributed by atoms with van der Waals surface area (Å²) in [6, 6.07) is 5.93. The minimum absolute atomic E-state index is 0.0653. The number of hydrogen-bond acceptors (Lipinski definition) is 3. The summed E-state index contributed by atoms with van der Waals surface area (Å²) in [5.41, 5.74) is 0.135. The van der Waals surface area contributed by atoms with Gasteiger partial charge in [-0.25, -0.2) is 12.9 Å². The first kappa shape index (κ1) is 13.2. The molecule has 96 valence electrons. The maximum absolute atomic E-state index is 12.8. The van der Waals surface area contributed by atoms with E-state index in [0.717, 1.165) is 0 Å². The standard InChI is InChI=1S/C11H9ClF2N2OS/c12-9-3-1-2-7(11(13)14)8(9)6-17-10-4-5-16(18)15-10/h1-5,11,18H,6H2. The molecule has 0 aliphatic rings. The Kier molecular flexibility index (Phi) is 4.08. The van der Waals surface area contributed by atoms with Gasteiger partial charge < -0.3 is 4.74 Å². The Morgan fingerprint density at radius 2 is 2.17 bits per heavy atom. The number of hydrogen-bond donors (Lipinski definition) is 1. The molecule has 0 aliphatic heterocycles. The fraction of sp³-hybridized carbons (Fsp3) is 0.182. The van der Waals surface area contributed by atoms with Crippen molar-refractivity contribution in [2.24, 2.45) is 0 Å². The van der Waals surface area contributed by atoms with E-state index in [1.54, 1.807) is 18.3 Å². The SMILES string of the molecule is FC(F)c1cccc(Cl)c1COc1ccn(S)n1. The molecule has 2 aromatic rings. The first-order chi connectivity index (χ1) is 8.58. The Morgan fingerprint density at radius 3 is 2.78 bits per heavy atom. The van der Waals surface area contributed by atoms with Crippen LogP contribution in [0, 0.1) is 0 Å². The van der Waals surface area contributed by atoms with Crippen LogP contribution < -0.4 is 4.74 Å². The van der Waals surface area contributed by atoms with Crippen LogP contribution in [0.4, 0.5) is 8.78 Å². The van der Waals surface area contributed by atoms with Gasteiger partial charge >= 0.3 is 0 Å². The molecule has 3 nitrogen and oxygen atoms in total. The quantitative estimate of drug-likeness (QED) is 0.868. The van der Waals surface area contributed by atoms with Gasteiger partial charge in [-0.15, -0.1) is 5.10 Å². The van der Waals surface area contributed by atoms with Gasteiger partial charge in [-0.05, 0) is 18.9 Å². The third-order valence-corrected chi connectivity index (χ3v) is 2.88. The van der Waals surface area contributed by atoms with Gasteiger partial charge in [-0.2, -0.15) is 0 Å². The smallest absolute Gasteiger partial charge is 0.264 e. The van der Waals surface area contributed by atoms with Gasteiger partial charge in [0.2, 0.25) is 5.88 Å². The zero-order valence-corrected chi connectivity index (χ0v) is 10.7. The normalized spacial score (nSPS) is 10.9. The average molecular weight is 291 g/mol. The van der Waals surface area contributed by atoms with Crippen molar-refractivity contribution in [1.82, 2.24) is 9.19 Å². The lowest BCUT2D eigenvalue weighted by atomic mass is 10.1. The zero-order valence-electron chi connectivity index (χ0n) is 9.05. The molecule has 7 heteroatoms. The highest BCUT2D eigenvalue weighted by Gasteiger charge is 2.16. The Bertz CT molecular complexity index is 548. The number of thiol groups is 1. The van der Waals surface area contributed by atoms with E-state index in [9.17, 15) is 8.78 Å². The maximum Gasteiger partial charge on any atom is 0.264 e. The highest BCUT2D eigenvalue weighted by Crippen LogP contribution is 2.29. The monoisotopic (exact) mass is 290 g/mol. The molecule has 1 aromatic carbocycles. The lowest BCUT2D eigenvalue weighted by Gasteiger charge is -2.10. The molecule has 0 aliphatic carbocycles. The number of nitrogens with zero attached hydrogens (tertiary/aromatic N) is 2. The molecule has 1 aromatic heterocycles. The van der Waals surface area contributed by atoms with Crippen LogP contribution in [0.2, 0.25) is 5.02 Å². The number of aromatic nitrogens is 2. The molecule has 0 bridgehead atoms. The summed E-state index contributed by atoms with van der Waals surface area (Å²) >= 11 is 9.83. The molecule has 1 heterocycles. The Morgan fingerprint density at radius 1 is 1.39 bits per heavy atom. The lowest BCUT2D eigenvalue weighted by Crippen LogP contribution is -2.02. The maximum atomic E-state index is 12.8. The minimum atomic E-state index is -2.59. The van der Waals surface area contributed by atoms with E-state index in [1.165, 1.54) is 16.2 Å². The fourth-order valence-corrected chi connectivity index (χ4v) is 1.84. The van der Waals surface area contributed by atoms with Crippen LogP contribution >= 0.6 is 24.4 Å². The molecule has 0 amide bonds. The van der Waals surface area contributed by atoms with Gasteiger partial charge in [-0.1, -0.05) is 23.7 Å². The van der Waals surface area contributed by atoms with Crippen molar-refractivity contribution < 1.29 is 13.5 Å². The first-order valence-corrected chi connectivity index (χ1v) is 5.79. The minimum Gasteiger partial charge on any atom is -0.472 e. The highest BCUT2D eigenvalue weighted by atomic mass is 35.5. The van der Waals surface area contributed by atoms with Gasteiger partial charge in [0.25, 0.3) is 6.43 Å². The van der Waals surface area contributed by atoms with Crippen molar-refractivity contribution in [2.75, 3.05) is 0 Å². The molecule has 0 saturated heterocycles. The number of ether oxygens (including phenoxy) is 1. The molecule has 0 radical (unpaired) electrons. The summed E-state index contributed by atoms with van der Waals surface area (Å²) in [7, 11) is 0. The van der Waals surface area contributed by atoms with E-state index < -0.39 is 6.43 Å². The molecule has 0 fully saturated rings. The van der Waals surface area contributed by atoms with Gasteiger partial charge in [0.1, 0.15) is 6.61 Å². The average Bonchev–Trinajstić information content (AvgIpc) is 2.73. The van der Waals surface area contributed by atoms with Crippen molar-refractivity contribution in [3.8, 4) is 5.88 Å². The van der Waals surface area contributed by atoms with E-state index >= 15 is 0 Å². The number of halogens is 3. The summed E-state index contributed by atoms with van der Waals surface area (Å²) in [4.78, 5) is 0. The predicted octanol–water partition coefficient (Wildman–Crippen LogP) is 3.75. The van der Waals surface area contributed by atoms with Crippen LogP contribution in [0.3, 0.4) is 0 Å². The largest absolute Gasteiger partial charge is 0.472 e. The molecular formula is C11H9ClF2N2OS. The van der Waals surface area contributed by atoms with E-state index in [4.69, 9.17) is 16.3 Å². The van der Waals surface area contributed by atoms with Crippen molar-refractivity contribution >= 4 is 24.4 Å². The second kappa shape index (κ2) is 5.58. The Balaban J connectivity index is 2.18. The van der Waals surface area contributed by atoms with E-state index in [-0.39, 0.29) is 22.8 Å². The molecule has 0 saturated carbocycles. The molecule has 0 N–H and O–H groups in total. The predicted molar refractivity (Wildman–Crippen MR) is 67.4 cm³/mol. The van der Waals surface area contributed by atoms with Crippen LogP contribution in [0.15, 0.2) is 30.5 Å². The third-order valence-electron chi connectivity index (χ3n) is 2.31. The van der Waals surface area contributed by atoms with Crippen molar-refractivity contribution in [3.63, 3.8) is 0 Å². The first-order valence-electron chi connectivity index (χ1n) is 5.01. The second-order valence-electron chi connectivity index (χ2n) is 3.47. The third kappa shape index (κ3) is 2.94. The van der Waals surface area contributed by atoms with Gasteiger partial charge in [0.15, 0.2) is 0 Å². The van der Waals surface area contributed by atoms with Crippen molar-refractivity contribution in [2.45, 2.75) is 13.0 Å². The van der Waals surface area contributed by atoms with Crippen LogP contribution in [0.5, 0.6) is 5.88 Å². The molecule has 0 atom stereocenters. The van der Waals surface area contributed by atoms with Crippen LogP contribution in [-0.4, -0.2) is 9.19 Å². The van der Waals surface area contributed by atoms with Gasteiger partial charge in [-0.3, -0.25) is 0 Å². The number of rotatable bonds is 4.